The summed E-state index contributed by atoms with van der Waals surface area (Å²) < 4.78 is 4.69. The first-order chi connectivity index (χ1) is 10.2. The fourth-order valence-electron chi connectivity index (χ4n) is 2.70. The molecule has 2 aromatic carbocycles. The van der Waals surface area contributed by atoms with Gasteiger partial charge in [-0.25, -0.2) is 4.79 Å². The molecule has 0 saturated heterocycles. The molecule has 3 nitrogen and oxygen atoms in total. The van der Waals surface area contributed by atoms with Gasteiger partial charge in [-0.1, -0.05) is 36.4 Å². The number of methoxy groups -OCH3 is 1. The van der Waals surface area contributed by atoms with Gasteiger partial charge in [0.15, 0.2) is 0 Å². The SMILES string of the molecule is COC(=O)c1ccc(-c2ccc(C3CC3CO)cc2)cc1. The van der Waals surface area contributed by atoms with Crippen molar-refractivity contribution in [1.29, 1.82) is 0 Å². The standard InChI is InChI=1S/C18H18O3/c1-21-18(20)15-8-4-13(5-9-15)12-2-6-14(7-3-12)17-10-16(17)11-19/h2-9,16-17,19H,10-11H2,1H3. The average molecular weight is 282 g/mol. The number of benzene rings is 2. The summed E-state index contributed by atoms with van der Waals surface area (Å²) in [6, 6.07) is 15.8. The molecule has 1 saturated carbocycles. The molecule has 1 fully saturated rings. The van der Waals surface area contributed by atoms with E-state index in [0.29, 0.717) is 17.4 Å². The summed E-state index contributed by atoms with van der Waals surface area (Å²) in [4.78, 5) is 11.4. The summed E-state index contributed by atoms with van der Waals surface area (Å²) in [7, 11) is 1.38. The lowest BCUT2D eigenvalue weighted by Gasteiger charge is -2.05. The zero-order chi connectivity index (χ0) is 14.8. The van der Waals surface area contributed by atoms with Gasteiger partial charge in [-0.05, 0) is 47.1 Å². The Morgan fingerprint density at radius 1 is 1.10 bits per heavy atom. The maximum atomic E-state index is 11.4. The number of aliphatic hydroxyl groups is 1. The van der Waals surface area contributed by atoms with Crippen molar-refractivity contribution in [3.63, 3.8) is 0 Å². The third-order valence-electron chi connectivity index (χ3n) is 4.14. The average Bonchev–Trinajstić information content (AvgIpc) is 3.34. The highest BCUT2D eigenvalue weighted by molar-refractivity contribution is 5.89. The van der Waals surface area contributed by atoms with Gasteiger partial charge in [0.1, 0.15) is 0 Å². The van der Waals surface area contributed by atoms with E-state index in [1.54, 1.807) is 12.1 Å². The largest absolute Gasteiger partial charge is 0.465 e. The molecular weight excluding hydrogens is 264 g/mol. The first-order valence-corrected chi connectivity index (χ1v) is 7.12. The van der Waals surface area contributed by atoms with Crippen LogP contribution in [0.25, 0.3) is 11.1 Å². The van der Waals surface area contributed by atoms with Crippen molar-refractivity contribution in [1.82, 2.24) is 0 Å². The monoisotopic (exact) mass is 282 g/mol. The van der Waals surface area contributed by atoms with Crippen LogP contribution in [-0.4, -0.2) is 24.8 Å². The van der Waals surface area contributed by atoms with Gasteiger partial charge in [-0.3, -0.25) is 0 Å². The number of hydrogen-bond acceptors (Lipinski definition) is 3. The van der Waals surface area contributed by atoms with E-state index in [1.807, 2.05) is 12.1 Å². The summed E-state index contributed by atoms with van der Waals surface area (Å²) in [5, 5.41) is 9.12. The van der Waals surface area contributed by atoms with Gasteiger partial charge < -0.3 is 9.84 Å². The number of hydrogen-bond donors (Lipinski definition) is 1. The van der Waals surface area contributed by atoms with Crippen LogP contribution in [0.3, 0.4) is 0 Å². The highest BCUT2D eigenvalue weighted by Gasteiger charge is 2.37. The van der Waals surface area contributed by atoms with Crippen LogP contribution >= 0.6 is 0 Å². The van der Waals surface area contributed by atoms with Crippen LogP contribution in [-0.2, 0) is 4.74 Å². The molecule has 0 aliphatic heterocycles. The van der Waals surface area contributed by atoms with Crippen molar-refractivity contribution in [2.45, 2.75) is 12.3 Å². The Bertz CT molecular complexity index is 629. The van der Waals surface area contributed by atoms with E-state index in [0.717, 1.165) is 17.5 Å². The fraction of sp³-hybridized carbons (Fsp3) is 0.278. The molecule has 0 aromatic heterocycles. The lowest BCUT2D eigenvalue weighted by Crippen LogP contribution is -2.00. The Hall–Kier alpha value is -2.13. The predicted molar refractivity (Wildman–Crippen MR) is 81.2 cm³/mol. The van der Waals surface area contributed by atoms with Gasteiger partial charge in [0, 0.05) is 6.61 Å². The molecule has 0 spiro atoms. The third kappa shape index (κ3) is 2.83. The van der Waals surface area contributed by atoms with Crippen molar-refractivity contribution in [2.24, 2.45) is 5.92 Å². The molecule has 3 rings (SSSR count). The van der Waals surface area contributed by atoms with E-state index in [2.05, 4.69) is 24.3 Å². The second-order valence-corrected chi connectivity index (χ2v) is 5.48. The van der Waals surface area contributed by atoms with Gasteiger partial charge in [0.05, 0.1) is 12.7 Å². The Morgan fingerprint density at radius 2 is 1.67 bits per heavy atom. The summed E-state index contributed by atoms with van der Waals surface area (Å²) in [5.41, 5.74) is 4.05. The summed E-state index contributed by atoms with van der Waals surface area (Å²) in [5.74, 6) is 0.640. The minimum absolute atomic E-state index is 0.279. The van der Waals surface area contributed by atoms with E-state index >= 15 is 0 Å². The molecule has 3 heteroatoms. The first-order valence-electron chi connectivity index (χ1n) is 7.12. The molecule has 1 N–H and O–H groups in total. The van der Waals surface area contributed by atoms with E-state index < -0.39 is 0 Å². The molecule has 2 unspecified atom stereocenters. The zero-order valence-electron chi connectivity index (χ0n) is 12.0. The van der Waals surface area contributed by atoms with E-state index in [-0.39, 0.29) is 12.6 Å². The first kappa shape index (κ1) is 13.8. The molecule has 2 atom stereocenters. The normalized spacial score (nSPS) is 20.1. The van der Waals surface area contributed by atoms with Crippen molar-refractivity contribution in [2.75, 3.05) is 13.7 Å². The van der Waals surface area contributed by atoms with Crippen molar-refractivity contribution >= 4 is 5.97 Å². The number of ether oxygens (including phenoxy) is 1. The molecule has 0 amide bonds. The summed E-state index contributed by atoms with van der Waals surface area (Å²) in [6.45, 7) is 0.279. The second kappa shape index (κ2) is 5.70. The highest BCUT2D eigenvalue weighted by Crippen LogP contribution is 2.47. The Morgan fingerprint density at radius 3 is 2.14 bits per heavy atom. The topological polar surface area (TPSA) is 46.5 Å². The van der Waals surface area contributed by atoms with Crippen LogP contribution in [0, 0.1) is 5.92 Å². The van der Waals surface area contributed by atoms with Gasteiger partial charge in [-0.15, -0.1) is 0 Å². The van der Waals surface area contributed by atoms with Crippen molar-refractivity contribution in [3.05, 3.63) is 59.7 Å². The number of carbonyl (C=O) groups excluding carboxylic acids is 1. The third-order valence-corrected chi connectivity index (χ3v) is 4.14. The zero-order valence-corrected chi connectivity index (χ0v) is 12.0. The summed E-state index contributed by atoms with van der Waals surface area (Å²) in [6.07, 6.45) is 1.09. The smallest absolute Gasteiger partial charge is 0.337 e. The minimum atomic E-state index is -0.319. The lowest BCUT2D eigenvalue weighted by molar-refractivity contribution is 0.0601. The van der Waals surface area contributed by atoms with Crippen LogP contribution in [0.1, 0.15) is 28.3 Å². The predicted octanol–water partition coefficient (Wildman–Crippen LogP) is 3.24. The van der Waals surface area contributed by atoms with Crippen molar-refractivity contribution < 1.29 is 14.6 Å². The number of esters is 1. The molecule has 0 heterocycles. The Kier molecular flexibility index (Phi) is 3.76. The highest BCUT2D eigenvalue weighted by atomic mass is 16.5. The fourth-order valence-corrected chi connectivity index (χ4v) is 2.70. The molecule has 2 aromatic rings. The molecule has 1 aliphatic carbocycles. The van der Waals surface area contributed by atoms with Gasteiger partial charge >= 0.3 is 5.97 Å². The van der Waals surface area contributed by atoms with Crippen LogP contribution in [0.4, 0.5) is 0 Å². The van der Waals surface area contributed by atoms with Gasteiger partial charge in [0.25, 0.3) is 0 Å². The van der Waals surface area contributed by atoms with Crippen LogP contribution < -0.4 is 0 Å². The maximum Gasteiger partial charge on any atom is 0.337 e. The number of carbonyl (C=O) groups is 1. The van der Waals surface area contributed by atoms with E-state index in [4.69, 9.17) is 9.84 Å². The molecule has 108 valence electrons. The van der Waals surface area contributed by atoms with E-state index in [9.17, 15) is 4.79 Å². The molecular formula is C18H18O3. The minimum Gasteiger partial charge on any atom is -0.465 e. The Labute approximate surface area is 124 Å². The van der Waals surface area contributed by atoms with Crippen molar-refractivity contribution in [3.8, 4) is 11.1 Å². The maximum absolute atomic E-state index is 11.4. The quantitative estimate of drug-likeness (QED) is 0.876. The Balaban J connectivity index is 1.76. The molecule has 0 radical (unpaired) electrons. The van der Waals surface area contributed by atoms with E-state index in [1.165, 1.54) is 12.7 Å². The van der Waals surface area contributed by atoms with Crippen LogP contribution in [0.2, 0.25) is 0 Å². The van der Waals surface area contributed by atoms with Gasteiger partial charge in [0.2, 0.25) is 0 Å². The summed E-state index contributed by atoms with van der Waals surface area (Å²) >= 11 is 0. The van der Waals surface area contributed by atoms with Crippen LogP contribution in [0.15, 0.2) is 48.5 Å². The molecule has 21 heavy (non-hydrogen) atoms. The van der Waals surface area contributed by atoms with Gasteiger partial charge in [-0.2, -0.15) is 0 Å². The number of rotatable bonds is 4. The molecule has 0 bridgehead atoms. The molecule has 1 aliphatic rings. The van der Waals surface area contributed by atoms with Crippen LogP contribution in [0.5, 0.6) is 0 Å². The second-order valence-electron chi connectivity index (χ2n) is 5.48. The number of aliphatic hydroxyl groups excluding tert-OH is 1. The lowest BCUT2D eigenvalue weighted by atomic mass is 10.0.